The van der Waals surface area contributed by atoms with Crippen molar-refractivity contribution in [3.05, 3.63) is 16.3 Å². The number of aromatic nitrogens is 3. The highest BCUT2D eigenvalue weighted by Gasteiger charge is 2.50. The molecule has 0 radical (unpaired) electrons. The standard InChI is InChI=1S/C13H20N4O/c14-11(12-15-13(18)17-16-12)10-8-2-6-1-7(4-8)5-9(10)3-6/h6-11H,1-5,14H2,(H2,15,16,17,18). The van der Waals surface area contributed by atoms with Crippen LogP contribution in [0, 0.1) is 29.6 Å². The van der Waals surface area contributed by atoms with Gasteiger partial charge in [0.05, 0.1) is 6.04 Å². The maximum atomic E-state index is 11.2. The fourth-order valence-corrected chi connectivity index (χ4v) is 5.18. The molecule has 5 nitrogen and oxygen atoms in total. The summed E-state index contributed by atoms with van der Waals surface area (Å²) in [6.45, 7) is 0. The SMILES string of the molecule is NC(c1n[nH]c(=O)[nH]1)C1C2CC3CC(C2)CC1C3. The molecule has 5 rings (SSSR count). The fraction of sp³-hybridized carbons (Fsp3) is 0.846. The highest BCUT2D eigenvalue weighted by atomic mass is 16.1. The van der Waals surface area contributed by atoms with E-state index in [0.29, 0.717) is 11.7 Å². The average molecular weight is 248 g/mol. The number of hydrogen-bond donors (Lipinski definition) is 3. The lowest BCUT2D eigenvalue weighted by Crippen LogP contribution is -2.48. The van der Waals surface area contributed by atoms with Crippen molar-refractivity contribution in [2.45, 2.75) is 38.1 Å². The molecule has 4 N–H and O–H groups in total. The summed E-state index contributed by atoms with van der Waals surface area (Å²) in [5, 5.41) is 6.46. The molecule has 4 bridgehead atoms. The molecular weight excluding hydrogens is 228 g/mol. The molecule has 18 heavy (non-hydrogen) atoms. The predicted octanol–water partition coefficient (Wildman–Crippen LogP) is 1.17. The van der Waals surface area contributed by atoms with Gasteiger partial charge in [0.2, 0.25) is 0 Å². The van der Waals surface area contributed by atoms with Crippen LogP contribution in [0.2, 0.25) is 0 Å². The normalized spacial score (nSPS) is 43.3. The molecule has 0 saturated heterocycles. The first kappa shape index (κ1) is 10.8. The molecule has 4 aliphatic rings. The van der Waals surface area contributed by atoms with E-state index in [1.54, 1.807) is 0 Å². The molecule has 4 fully saturated rings. The number of nitrogens with one attached hydrogen (secondary N) is 2. The summed E-state index contributed by atoms with van der Waals surface area (Å²) in [5.74, 6) is 4.60. The Labute approximate surface area is 106 Å². The van der Waals surface area contributed by atoms with Gasteiger partial charge in [0, 0.05) is 0 Å². The van der Waals surface area contributed by atoms with E-state index in [9.17, 15) is 4.79 Å². The zero-order chi connectivity index (χ0) is 12.3. The third kappa shape index (κ3) is 1.49. The van der Waals surface area contributed by atoms with Crippen molar-refractivity contribution >= 4 is 0 Å². The monoisotopic (exact) mass is 248 g/mol. The van der Waals surface area contributed by atoms with Gasteiger partial charge in [-0.05, 0) is 61.7 Å². The van der Waals surface area contributed by atoms with Crippen molar-refractivity contribution in [3.63, 3.8) is 0 Å². The highest BCUT2D eigenvalue weighted by molar-refractivity contribution is 5.05. The molecular formula is C13H20N4O. The maximum absolute atomic E-state index is 11.2. The lowest BCUT2D eigenvalue weighted by Gasteiger charge is -2.55. The molecule has 4 saturated carbocycles. The van der Waals surface area contributed by atoms with E-state index < -0.39 is 0 Å². The Morgan fingerprint density at radius 2 is 1.72 bits per heavy atom. The Bertz CT molecular complexity index is 477. The first-order valence-corrected chi connectivity index (χ1v) is 7.11. The van der Waals surface area contributed by atoms with Crippen LogP contribution in [-0.4, -0.2) is 15.2 Å². The van der Waals surface area contributed by atoms with E-state index in [4.69, 9.17) is 5.73 Å². The highest BCUT2D eigenvalue weighted by Crippen LogP contribution is 2.58. The van der Waals surface area contributed by atoms with Crippen LogP contribution in [0.4, 0.5) is 0 Å². The lowest BCUT2D eigenvalue weighted by atomic mass is 9.50. The Morgan fingerprint density at radius 3 is 2.22 bits per heavy atom. The third-order valence-corrected chi connectivity index (χ3v) is 5.55. The van der Waals surface area contributed by atoms with Crippen LogP contribution >= 0.6 is 0 Å². The number of nitrogens with zero attached hydrogens (tertiary/aromatic N) is 1. The number of nitrogens with two attached hydrogens (primary N) is 1. The molecule has 1 aromatic rings. The van der Waals surface area contributed by atoms with Crippen molar-refractivity contribution < 1.29 is 0 Å². The Hall–Kier alpha value is -1.10. The molecule has 0 aromatic carbocycles. The molecule has 0 aliphatic heterocycles. The van der Waals surface area contributed by atoms with Gasteiger partial charge in [0.1, 0.15) is 5.82 Å². The summed E-state index contributed by atoms with van der Waals surface area (Å²) in [5.41, 5.74) is 6.13. The van der Waals surface area contributed by atoms with Crippen molar-refractivity contribution in [1.82, 2.24) is 15.2 Å². The van der Waals surface area contributed by atoms with E-state index in [2.05, 4.69) is 15.2 Å². The molecule has 1 aromatic heterocycles. The van der Waals surface area contributed by atoms with Gasteiger partial charge < -0.3 is 5.73 Å². The van der Waals surface area contributed by atoms with Crippen molar-refractivity contribution in [3.8, 4) is 0 Å². The molecule has 4 aliphatic carbocycles. The Balaban J connectivity index is 1.63. The van der Waals surface area contributed by atoms with Gasteiger partial charge in [-0.3, -0.25) is 4.98 Å². The van der Waals surface area contributed by atoms with Crippen LogP contribution in [0.3, 0.4) is 0 Å². The van der Waals surface area contributed by atoms with E-state index in [1.807, 2.05) is 0 Å². The van der Waals surface area contributed by atoms with Crippen LogP contribution in [0.5, 0.6) is 0 Å². The second-order valence-corrected chi connectivity index (χ2v) is 6.60. The number of rotatable bonds is 2. The lowest BCUT2D eigenvalue weighted by molar-refractivity contribution is -0.0481. The van der Waals surface area contributed by atoms with Gasteiger partial charge in [0.15, 0.2) is 0 Å². The van der Waals surface area contributed by atoms with Crippen LogP contribution < -0.4 is 11.4 Å². The van der Waals surface area contributed by atoms with Gasteiger partial charge in [-0.1, -0.05) is 0 Å². The second kappa shape index (κ2) is 3.70. The number of aromatic amines is 2. The summed E-state index contributed by atoms with van der Waals surface area (Å²) in [6, 6.07) is -0.0982. The summed E-state index contributed by atoms with van der Waals surface area (Å²) in [7, 11) is 0. The Morgan fingerprint density at radius 1 is 1.11 bits per heavy atom. The molecule has 1 heterocycles. The van der Waals surface area contributed by atoms with Crippen LogP contribution in [0.25, 0.3) is 0 Å². The average Bonchev–Trinajstić information content (AvgIpc) is 2.74. The van der Waals surface area contributed by atoms with E-state index in [0.717, 1.165) is 23.7 Å². The molecule has 5 heteroatoms. The maximum Gasteiger partial charge on any atom is 0.340 e. The van der Waals surface area contributed by atoms with E-state index in [-0.39, 0.29) is 11.7 Å². The topological polar surface area (TPSA) is 87.6 Å². The molecule has 98 valence electrons. The molecule has 1 atom stereocenters. The van der Waals surface area contributed by atoms with Gasteiger partial charge in [-0.15, -0.1) is 0 Å². The minimum atomic E-state index is -0.246. The minimum Gasteiger partial charge on any atom is -0.321 e. The van der Waals surface area contributed by atoms with Gasteiger partial charge in [0.25, 0.3) is 0 Å². The first-order valence-electron chi connectivity index (χ1n) is 7.11. The van der Waals surface area contributed by atoms with E-state index in [1.165, 1.54) is 32.1 Å². The minimum absolute atomic E-state index is 0.0982. The predicted molar refractivity (Wildman–Crippen MR) is 66.7 cm³/mol. The smallest absolute Gasteiger partial charge is 0.321 e. The van der Waals surface area contributed by atoms with Crippen LogP contribution in [0.15, 0.2) is 4.79 Å². The van der Waals surface area contributed by atoms with Gasteiger partial charge in [-0.25, -0.2) is 9.89 Å². The second-order valence-electron chi connectivity index (χ2n) is 6.60. The Kier molecular flexibility index (Phi) is 2.22. The van der Waals surface area contributed by atoms with Crippen LogP contribution in [0.1, 0.15) is 44.0 Å². The van der Waals surface area contributed by atoms with Crippen molar-refractivity contribution in [2.24, 2.45) is 35.3 Å². The molecule has 0 spiro atoms. The number of H-pyrrole nitrogens is 2. The summed E-state index contributed by atoms with van der Waals surface area (Å²) in [6.07, 6.45) is 6.84. The zero-order valence-electron chi connectivity index (χ0n) is 10.4. The zero-order valence-corrected chi connectivity index (χ0v) is 10.4. The molecule has 0 amide bonds. The summed E-state index contributed by atoms with van der Waals surface area (Å²) in [4.78, 5) is 13.9. The third-order valence-electron chi connectivity index (χ3n) is 5.55. The molecule has 1 unspecified atom stereocenters. The van der Waals surface area contributed by atoms with Crippen molar-refractivity contribution in [2.75, 3.05) is 0 Å². The summed E-state index contributed by atoms with van der Waals surface area (Å²) < 4.78 is 0. The largest absolute Gasteiger partial charge is 0.340 e. The van der Waals surface area contributed by atoms with Gasteiger partial charge in [-0.2, -0.15) is 5.10 Å². The van der Waals surface area contributed by atoms with Gasteiger partial charge >= 0.3 is 5.69 Å². The van der Waals surface area contributed by atoms with E-state index >= 15 is 0 Å². The van der Waals surface area contributed by atoms with Crippen molar-refractivity contribution in [1.29, 1.82) is 0 Å². The fourth-order valence-electron chi connectivity index (χ4n) is 5.18. The number of hydrogen-bond acceptors (Lipinski definition) is 3. The quantitative estimate of drug-likeness (QED) is 0.734. The first-order chi connectivity index (χ1) is 8.70. The summed E-state index contributed by atoms with van der Waals surface area (Å²) >= 11 is 0. The van der Waals surface area contributed by atoms with Crippen LogP contribution in [-0.2, 0) is 0 Å².